The summed E-state index contributed by atoms with van der Waals surface area (Å²) >= 11 is 1.67. The Kier molecular flexibility index (Phi) is 2.59. The molecule has 1 atom stereocenters. The molecule has 0 saturated carbocycles. The van der Waals surface area contributed by atoms with E-state index in [4.69, 9.17) is 0 Å². The molecule has 1 aliphatic heterocycles. The van der Waals surface area contributed by atoms with Crippen molar-refractivity contribution in [3.05, 3.63) is 46.9 Å². The molecule has 1 aromatic rings. The summed E-state index contributed by atoms with van der Waals surface area (Å²) in [6.07, 6.45) is 1.63. The Labute approximate surface area is 87.4 Å². The Bertz CT molecular complexity index is 372. The van der Waals surface area contributed by atoms with E-state index in [0.717, 1.165) is 10.5 Å². The molecular formula is C11H11NOS. The zero-order chi connectivity index (χ0) is 9.97. The predicted octanol–water partition coefficient (Wildman–Crippen LogP) is 2.45. The van der Waals surface area contributed by atoms with Crippen molar-refractivity contribution in [1.82, 2.24) is 5.32 Å². The lowest BCUT2D eigenvalue weighted by Crippen LogP contribution is -2.27. The van der Waals surface area contributed by atoms with Crippen LogP contribution < -0.4 is 5.32 Å². The molecule has 1 aromatic carbocycles. The molecule has 0 radical (unpaired) electrons. The Morgan fingerprint density at radius 3 is 2.64 bits per heavy atom. The van der Waals surface area contributed by atoms with Gasteiger partial charge in [0.2, 0.25) is 5.91 Å². The highest BCUT2D eigenvalue weighted by Crippen LogP contribution is 2.34. The Morgan fingerprint density at radius 2 is 2.00 bits per heavy atom. The lowest BCUT2D eigenvalue weighted by molar-refractivity contribution is -0.116. The lowest BCUT2D eigenvalue weighted by Gasteiger charge is -2.21. The average Bonchev–Trinajstić information content (AvgIpc) is 2.18. The normalized spacial score (nSPS) is 21.4. The van der Waals surface area contributed by atoms with Gasteiger partial charge in [-0.3, -0.25) is 4.79 Å². The number of rotatable bonds is 1. The third kappa shape index (κ3) is 1.99. The Hall–Kier alpha value is -1.22. The second kappa shape index (κ2) is 3.88. The largest absolute Gasteiger partial charge is 0.336 e. The van der Waals surface area contributed by atoms with Crippen molar-refractivity contribution in [3.63, 3.8) is 0 Å². The van der Waals surface area contributed by atoms with Crippen LogP contribution in [0.25, 0.3) is 0 Å². The van der Waals surface area contributed by atoms with E-state index < -0.39 is 0 Å². The molecule has 0 fully saturated rings. The minimum absolute atomic E-state index is 0.00453. The zero-order valence-electron chi connectivity index (χ0n) is 7.86. The number of benzene rings is 1. The predicted molar refractivity (Wildman–Crippen MR) is 58.7 cm³/mol. The van der Waals surface area contributed by atoms with Gasteiger partial charge in [-0.1, -0.05) is 30.3 Å². The second-order valence-electron chi connectivity index (χ2n) is 3.17. The summed E-state index contributed by atoms with van der Waals surface area (Å²) in [5.41, 5.74) is 1.14. The molecule has 2 rings (SSSR count). The number of nitrogens with one attached hydrogen (secondary N) is 1. The summed E-state index contributed by atoms with van der Waals surface area (Å²) in [6, 6.07) is 9.99. The molecule has 1 heterocycles. The Morgan fingerprint density at radius 1 is 1.29 bits per heavy atom. The van der Waals surface area contributed by atoms with Crippen LogP contribution in [0.1, 0.15) is 17.9 Å². The first-order valence-corrected chi connectivity index (χ1v) is 5.34. The Balaban J connectivity index is 2.22. The van der Waals surface area contributed by atoms with Gasteiger partial charge in [-0.2, -0.15) is 0 Å². The summed E-state index contributed by atoms with van der Waals surface area (Å²) in [5.74, 6) is -0.00453. The number of allylic oxidation sites excluding steroid dienone is 1. The van der Waals surface area contributed by atoms with Crippen molar-refractivity contribution in [1.29, 1.82) is 0 Å². The van der Waals surface area contributed by atoms with Crippen LogP contribution in [0.15, 0.2) is 41.3 Å². The van der Waals surface area contributed by atoms with Gasteiger partial charge in [-0.25, -0.2) is 0 Å². The molecule has 14 heavy (non-hydrogen) atoms. The van der Waals surface area contributed by atoms with Gasteiger partial charge in [-0.05, 0) is 17.4 Å². The van der Waals surface area contributed by atoms with E-state index in [1.54, 1.807) is 17.8 Å². The summed E-state index contributed by atoms with van der Waals surface area (Å²) < 4.78 is 0. The van der Waals surface area contributed by atoms with Gasteiger partial charge in [0.15, 0.2) is 0 Å². The van der Waals surface area contributed by atoms with Crippen LogP contribution in [0.4, 0.5) is 0 Å². The van der Waals surface area contributed by atoms with Crippen molar-refractivity contribution < 1.29 is 4.79 Å². The summed E-state index contributed by atoms with van der Waals surface area (Å²) in [7, 11) is 0. The van der Waals surface area contributed by atoms with E-state index in [1.165, 1.54) is 0 Å². The van der Waals surface area contributed by atoms with Gasteiger partial charge in [0.05, 0.1) is 0 Å². The molecule has 1 aliphatic rings. The summed E-state index contributed by atoms with van der Waals surface area (Å²) in [4.78, 5) is 12.3. The van der Waals surface area contributed by atoms with Crippen LogP contribution in [-0.4, -0.2) is 5.91 Å². The van der Waals surface area contributed by atoms with Crippen molar-refractivity contribution in [3.8, 4) is 0 Å². The lowest BCUT2D eigenvalue weighted by atomic mass is 10.2. The van der Waals surface area contributed by atoms with Crippen molar-refractivity contribution in [2.24, 2.45) is 0 Å². The molecule has 1 N–H and O–H groups in total. The molecule has 1 unspecified atom stereocenters. The first-order chi connectivity index (χ1) is 6.75. The topological polar surface area (TPSA) is 29.1 Å². The molecule has 0 saturated heterocycles. The van der Waals surface area contributed by atoms with E-state index in [2.05, 4.69) is 5.32 Å². The van der Waals surface area contributed by atoms with Crippen LogP contribution in [-0.2, 0) is 4.79 Å². The minimum Gasteiger partial charge on any atom is -0.336 e. The van der Waals surface area contributed by atoms with Gasteiger partial charge in [0.25, 0.3) is 0 Å². The fourth-order valence-corrected chi connectivity index (χ4v) is 2.40. The molecule has 0 spiro atoms. The number of carbonyl (C=O) groups excluding carboxylic acids is 1. The van der Waals surface area contributed by atoms with Gasteiger partial charge >= 0.3 is 0 Å². The summed E-state index contributed by atoms with van der Waals surface area (Å²) in [6.45, 7) is 1.96. The SMILES string of the molecule is CC1=CC(=O)NC(c2ccccc2)S1. The highest BCUT2D eigenvalue weighted by Gasteiger charge is 2.18. The number of hydrogen-bond donors (Lipinski definition) is 1. The van der Waals surface area contributed by atoms with Gasteiger partial charge in [0, 0.05) is 6.08 Å². The van der Waals surface area contributed by atoms with Gasteiger partial charge in [-0.15, -0.1) is 11.8 Å². The average molecular weight is 205 g/mol. The maximum absolute atomic E-state index is 11.3. The molecule has 72 valence electrons. The maximum Gasteiger partial charge on any atom is 0.245 e. The monoisotopic (exact) mass is 205 g/mol. The van der Waals surface area contributed by atoms with Crippen LogP contribution >= 0.6 is 11.8 Å². The molecule has 0 bridgehead atoms. The highest BCUT2D eigenvalue weighted by atomic mass is 32.2. The molecular weight excluding hydrogens is 194 g/mol. The first-order valence-electron chi connectivity index (χ1n) is 4.46. The third-order valence-electron chi connectivity index (χ3n) is 2.01. The second-order valence-corrected chi connectivity index (χ2v) is 4.52. The molecule has 3 heteroatoms. The fourth-order valence-electron chi connectivity index (χ4n) is 1.38. The number of hydrogen-bond acceptors (Lipinski definition) is 2. The molecule has 2 nitrogen and oxygen atoms in total. The maximum atomic E-state index is 11.3. The van der Waals surface area contributed by atoms with Gasteiger partial charge < -0.3 is 5.32 Å². The molecule has 1 amide bonds. The van der Waals surface area contributed by atoms with Crippen LogP contribution in [0.5, 0.6) is 0 Å². The van der Waals surface area contributed by atoms with E-state index in [1.807, 2.05) is 37.3 Å². The van der Waals surface area contributed by atoms with E-state index in [-0.39, 0.29) is 11.3 Å². The van der Waals surface area contributed by atoms with Gasteiger partial charge in [0.1, 0.15) is 5.37 Å². The quantitative estimate of drug-likeness (QED) is 0.763. The fraction of sp³-hybridized carbons (Fsp3) is 0.182. The number of amides is 1. The number of carbonyl (C=O) groups is 1. The van der Waals surface area contributed by atoms with Crippen molar-refractivity contribution in [2.75, 3.05) is 0 Å². The van der Waals surface area contributed by atoms with Crippen LogP contribution in [0, 0.1) is 0 Å². The van der Waals surface area contributed by atoms with Crippen LogP contribution in [0.2, 0.25) is 0 Å². The van der Waals surface area contributed by atoms with Crippen molar-refractivity contribution in [2.45, 2.75) is 12.3 Å². The van der Waals surface area contributed by atoms with Crippen LogP contribution in [0.3, 0.4) is 0 Å². The van der Waals surface area contributed by atoms with Crippen molar-refractivity contribution >= 4 is 17.7 Å². The molecule has 0 aromatic heterocycles. The minimum atomic E-state index is -0.00453. The smallest absolute Gasteiger partial charge is 0.245 e. The first kappa shape index (κ1) is 9.34. The highest BCUT2D eigenvalue weighted by molar-refractivity contribution is 8.03. The summed E-state index contributed by atoms with van der Waals surface area (Å²) in [5, 5.41) is 2.97. The third-order valence-corrected chi connectivity index (χ3v) is 3.13. The molecule has 0 aliphatic carbocycles. The number of thioether (sulfide) groups is 1. The van der Waals surface area contributed by atoms with E-state index >= 15 is 0 Å². The zero-order valence-corrected chi connectivity index (χ0v) is 8.67. The standard InChI is InChI=1S/C11H11NOS/c1-8-7-10(13)12-11(14-8)9-5-3-2-4-6-9/h2-7,11H,1H3,(H,12,13). The van der Waals surface area contributed by atoms with E-state index in [9.17, 15) is 4.79 Å². The van der Waals surface area contributed by atoms with E-state index in [0.29, 0.717) is 0 Å².